The SMILES string of the molecule is Cc1nsc(CCc2nnc(C)[nH]2)n1. The van der Waals surface area contributed by atoms with Crippen molar-refractivity contribution >= 4 is 11.5 Å². The summed E-state index contributed by atoms with van der Waals surface area (Å²) in [5.74, 6) is 2.61. The van der Waals surface area contributed by atoms with Crippen molar-refractivity contribution in [3.63, 3.8) is 0 Å². The van der Waals surface area contributed by atoms with Crippen LogP contribution in [0, 0.1) is 13.8 Å². The molecule has 0 unspecified atom stereocenters. The molecule has 0 aromatic carbocycles. The molecule has 6 heteroatoms. The Morgan fingerprint density at radius 1 is 1.21 bits per heavy atom. The third-order valence-corrected chi connectivity index (χ3v) is 2.65. The molecule has 0 amide bonds. The minimum absolute atomic E-state index is 0.843. The summed E-state index contributed by atoms with van der Waals surface area (Å²) in [6, 6.07) is 0. The fraction of sp³-hybridized carbons (Fsp3) is 0.500. The predicted octanol–water partition coefficient (Wildman–Crippen LogP) is 1.06. The van der Waals surface area contributed by atoms with Crippen molar-refractivity contribution < 1.29 is 0 Å². The van der Waals surface area contributed by atoms with Gasteiger partial charge in [0.05, 0.1) is 0 Å². The van der Waals surface area contributed by atoms with E-state index in [1.807, 2.05) is 13.8 Å². The van der Waals surface area contributed by atoms with Crippen LogP contribution in [0.5, 0.6) is 0 Å². The molecule has 0 saturated heterocycles. The molecule has 14 heavy (non-hydrogen) atoms. The highest BCUT2D eigenvalue weighted by Crippen LogP contribution is 2.06. The van der Waals surface area contributed by atoms with Gasteiger partial charge in [-0.2, -0.15) is 4.37 Å². The molecule has 0 atom stereocenters. The summed E-state index contributed by atoms with van der Waals surface area (Å²) in [6.45, 7) is 3.80. The van der Waals surface area contributed by atoms with Crippen molar-refractivity contribution in [3.8, 4) is 0 Å². The van der Waals surface area contributed by atoms with Crippen LogP contribution in [0.15, 0.2) is 0 Å². The van der Waals surface area contributed by atoms with Crippen molar-refractivity contribution in [1.29, 1.82) is 0 Å². The maximum Gasteiger partial charge on any atom is 0.139 e. The largest absolute Gasteiger partial charge is 0.329 e. The van der Waals surface area contributed by atoms with Crippen LogP contribution in [0.3, 0.4) is 0 Å². The molecule has 2 rings (SSSR count). The van der Waals surface area contributed by atoms with Crippen LogP contribution in [0.25, 0.3) is 0 Å². The molecule has 2 heterocycles. The van der Waals surface area contributed by atoms with Crippen LogP contribution in [0.2, 0.25) is 0 Å². The van der Waals surface area contributed by atoms with Gasteiger partial charge in [-0.25, -0.2) is 4.98 Å². The average molecular weight is 209 g/mol. The van der Waals surface area contributed by atoms with Crippen LogP contribution in [-0.2, 0) is 12.8 Å². The van der Waals surface area contributed by atoms with Crippen molar-refractivity contribution in [1.82, 2.24) is 24.5 Å². The molecule has 0 aliphatic heterocycles. The minimum Gasteiger partial charge on any atom is -0.329 e. The van der Waals surface area contributed by atoms with E-state index in [1.165, 1.54) is 11.5 Å². The zero-order valence-electron chi connectivity index (χ0n) is 8.11. The Labute approximate surface area is 85.8 Å². The molecule has 0 radical (unpaired) electrons. The van der Waals surface area contributed by atoms with Crippen LogP contribution in [0.4, 0.5) is 0 Å². The molecule has 2 aromatic heterocycles. The van der Waals surface area contributed by atoms with Gasteiger partial charge in [-0.1, -0.05) is 0 Å². The van der Waals surface area contributed by atoms with Gasteiger partial charge in [-0.15, -0.1) is 10.2 Å². The van der Waals surface area contributed by atoms with E-state index < -0.39 is 0 Å². The van der Waals surface area contributed by atoms with Crippen molar-refractivity contribution in [3.05, 3.63) is 22.5 Å². The van der Waals surface area contributed by atoms with Gasteiger partial charge in [0.2, 0.25) is 0 Å². The molecule has 74 valence electrons. The van der Waals surface area contributed by atoms with E-state index in [-0.39, 0.29) is 0 Å². The highest BCUT2D eigenvalue weighted by molar-refractivity contribution is 7.05. The lowest BCUT2D eigenvalue weighted by atomic mass is 10.3. The molecule has 2 aromatic rings. The van der Waals surface area contributed by atoms with Crippen LogP contribution < -0.4 is 0 Å². The molecule has 0 saturated carbocycles. The number of hydrogen-bond acceptors (Lipinski definition) is 5. The molecule has 0 aliphatic carbocycles. The van der Waals surface area contributed by atoms with Gasteiger partial charge >= 0.3 is 0 Å². The zero-order chi connectivity index (χ0) is 9.97. The number of aromatic nitrogens is 5. The fourth-order valence-electron chi connectivity index (χ4n) is 1.17. The first kappa shape index (κ1) is 9.26. The number of aromatic amines is 1. The highest BCUT2D eigenvalue weighted by atomic mass is 32.1. The molecule has 0 fully saturated rings. The summed E-state index contributed by atoms with van der Waals surface area (Å²) in [6.07, 6.45) is 1.72. The van der Waals surface area contributed by atoms with Gasteiger partial charge in [0.1, 0.15) is 22.5 Å². The first-order valence-corrected chi connectivity index (χ1v) is 5.19. The third-order valence-electron chi connectivity index (χ3n) is 1.79. The fourth-order valence-corrected chi connectivity index (χ4v) is 1.82. The average Bonchev–Trinajstić information content (AvgIpc) is 2.72. The molecule has 0 spiro atoms. The van der Waals surface area contributed by atoms with E-state index >= 15 is 0 Å². The molecule has 1 N–H and O–H groups in total. The molecule has 0 aliphatic rings. The Kier molecular flexibility index (Phi) is 2.53. The summed E-state index contributed by atoms with van der Waals surface area (Å²) in [5, 5.41) is 8.94. The Hall–Kier alpha value is -1.30. The molecular formula is C8H11N5S. The number of aryl methyl sites for hydroxylation is 4. The molecule has 5 nitrogen and oxygen atoms in total. The van der Waals surface area contributed by atoms with Gasteiger partial charge in [0, 0.05) is 12.8 Å². The number of rotatable bonds is 3. The van der Waals surface area contributed by atoms with Gasteiger partial charge in [-0.05, 0) is 25.4 Å². The number of nitrogens with one attached hydrogen (secondary N) is 1. The van der Waals surface area contributed by atoms with Gasteiger partial charge in [0.15, 0.2) is 0 Å². The molecule has 0 bridgehead atoms. The smallest absolute Gasteiger partial charge is 0.139 e. The van der Waals surface area contributed by atoms with Crippen LogP contribution in [0.1, 0.15) is 22.5 Å². The van der Waals surface area contributed by atoms with E-state index in [0.29, 0.717) is 0 Å². The predicted molar refractivity (Wildman–Crippen MR) is 53.2 cm³/mol. The standard InChI is InChI=1S/C8H11N5S/c1-5-9-7(12-11-5)3-4-8-10-6(2)13-14-8/h3-4H2,1-2H3,(H,9,11,12). The van der Waals surface area contributed by atoms with E-state index in [1.54, 1.807) is 0 Å². The van der Waals surface area contributed by atoms with E-state index in [4.69, 9.17) is 0 Å². The van der Waals surface area contributed by atoms with E-state index in [2.05, 4.69) is 24.5 Å². The van der Waals surface area contributed by atoms with Crippen molar-refractivity contribution in [2.45, 2.75) is 26.7 Å². The van der Waals surface area contributed by atoms with Gasteiger partial charge in [0.25, 0.3) is 0 Å². The summed E-state index contributed by atoms with van der Waals surface area (Å²) in [7, 11) is 0. The van der Waals surface area contributed by atoms with Gasteiger partial charge in [-0.3, -0.25) is 0 Å². The second-order valence-electron chi connectivity index (χ2n) is 3.09. The minimum atomic E-state index is 0.843. The van der Waals surface area contributed by atoms with Gasteiger partial charge < -0.3 is 4.98 Å². The lowest BCUT2D eigenvalue weighted by Crippen LogP contribution is -1.93. The second-order valence-corrected chi connectivity index (χ2v) is 3.93. The highest BCUT2D eigenvalue weighted by Gasteiger charge is 2.03. The zero-order valence-corrected chi connectivity index (χ0v) is 8.93. The van der Waals surface area contributed by atoms with E-state index in [9.17, 15) is 0 Å². The molecular weight excluding hydrogens is 198 g/mol. The number of H-pyrrole nitrogens is 1. The summed E-state index contributed by atoms with van der Waals surface area (Å²) < 4.78 is 4.12. The van der Waals surface area contributed by atoms with Crippen molar-refractivity contribution in [2.24, 2.45) is 0 Å². The maximum atomic E-state index is 4.28. The second kappa shape index (κ2) is 3.83. The Balaban J connectivity index is 1.94. The Morgan fingerprint density at radius 2 is 2.07 bits per heavy atom. The van der Waals surface area contributed by atoms with Crippen molar-refractivity contribution in [2.75, 3.05) is 0 Å². The Morgan fingerprint density at radius 3 is 2.64 bits per heavy atom. The summed E-state index contributed by atoms with van der Waals surface area (Å²) in [4.78, 5) is 7.37. The normalized spacial score (nSPS) is 10.7. The third kappa shape index (κ3) is 2.14. The summed E-state index contributed by atoms with van der Waals surface area (Å²) in [5.41, 5.74) is 0. The lowest BCUT2D eigenvalue weighted by molar-refractivity contribution is 0.854. The topological polar surface area (TPSA) is 67.3 Å². The monoisotopic (exact) mass is 209 g/mol. The quantitative estimate of drug-likeness (QED) is 0.820. The number of hydrogen-bond donors (Lipinski definition) is 1. The maximum absolute atomic E-state index is 4.28. The first-order valence-electron chi connectivity index (χ1n) is 4.41. The van der Waals surface area contributed by atoms with E-state index in [0.717, 1.165) is 35.3 Å². The van der Waals surface area contributed by atoms with Crippen LogP contribution >= 0.6 is 11.5 Å². The summed E-state index contributed by atoms with van der Waals surface area (Å²) >= 11 is 1.45. The number of nitrogens with zero attached hydrogens (tertiary/aromatic N) is 4. The lowest BCUT2D eigenvalue weighted by Gasteiger charge is -1.90. The first-order chi connectivity index (χ1) is 6.74. The van der Waals surface area contributed by atoms with Crippen LogP contribution in [-0.4, -0.2) is 24.5 Å². The Bertz CT molecular complexity index is 379.